The average molecular weight is 587 g/mol. The number of carbonyl (C=O) groups excluding carboxylic acids is 2. The minimum absolute atomic E-state index is 0.184. The summed E-state index contributed by atoms with van der Waals surface area (Å²) >= 11 is 0.663. The maximum Gasteiger partial charge on any atom is 0.447 e. The van der Waals surface area contributed by atoms with Gasteiger partial charge in [0, 0.05) is 23.9 Å². The van der Waals surface area contributed by atoms with Crippen molar-refractivity contribution in [3.63, 3.8) is 0 Å². The van der Waals surface area contributed by atoms with Crippen LogP contribution in [0.15, 0.2) is 80.8 Å². The summed E-state index contributed by atoms with van der Waals surface area (Å²) in [5.41, 5.74) is 0. The second kappa shape index (κ2) is 13.5. The van der Waals surface area contributed by atoms with E-state index in [0.29, 0.717) is 8.61 Å². The molecule has 37 heavy (non-hydrogen) atoms. The molecule has 0 N–H and O–H groups in total. The zero-order valence-corrected chi connectivity index (χ0v) is 21.1. The monoisotopic (exact) mass is 586 g/mol. The van der Waals surface area contributed by atoms with Crippen LogP contribution in [0, 0.1) is 0 Å². The Kier molecular flexibility index (Phi) is 11.0. The van der Waals surface area contributed by atoms with Crippen molar-refractivity contribution in [1.82, 2.24) is 8.61 Å². The number of rotatable bonds is 6. The maximum atomic E-state index is 13.2. The SMILES string of the molecule is CN(SN(C)C(=O)O/N=C(\Sc1ccccc1)C(F)(F)F)C(=O)O/N=C(\Sc1ccccc1)C(F)(F)F. The first-order valence-electron chi connectivity index (χ1n) is 9.61. The lowest BCUT2D eigenvalue weighted by molar-refractivity contribution is -0.0585. The molecule has 0 unspecified atom stereocenters. The third kappa shape index (κ3) is 10.5. The second-order valence-electron chi connectivity index (χ2n) is 6.41. The van der Waals surface area contributed by atoms with Gasteiger partial charge in [0.25, 0.3) is 0 Å². The Bertz CT molecular complexity index is 1030. The van der Waals surface area contributed by atoms with Gasteiger partial charge in [-0.15, -0.1) is 0 Å². The van der Waals surface area contributed by atoms with Gasteiger partial charge in [-0.25, -0.2) is 18.2 Å². The van der Waals surface area contributed by atoms with Crippen LogP contribution in [0.2, 0.25) is 0 Å². The van der Waals surface area contributed by atoms with E-state index >= 15 is 0 Å². The van der Waals surface area contributed by atoms with Crippen LogP contribution in [0.4, 0.5) is 35.9 Å². The van der Waals surface area contributed by atoms with Crippen molar-refractivity contribution in [2.45, 2.75) is 22.1 Å². The molecule has 200 valence electrons. The number of hydrogen-bond acceptors (Lipinski definition) is 9. The van der Waals surface area contributed by atoms with E-state index in [-0.39, 0.29) is 45.4 Å². The number of oxime groups is 2. The van der Waals surface area contributed by atoms with Gasteiger partial charge in [-0.1, -0.05) is 70.2 Å². The van der Waals surface area contributed by atoms with Crippen LogP contribution in [-0.4, -0.2) is 57.3 Å². The van der Waals surface area contributed by atoms with Crippen molar-refractivity contribution in [2.24, 2.45) is 10.3 Å². The first kappa shape index (κ1) is 30.2. The molecule has 0 radical (unpaired) electrons. The van der Waals surface area contributed by atoms with Crippen LogP contribution in [0.25, 0.3) is 0 Å². The molecule has 2 rings (SSSR count). The third-order valence-electron chi connectivity index (χ3n) is 3.57. The van der Waals surface area contributed by atoms with Crippen molar-refractivity contribution in [3.05, 3.63) is 60.7 Å². The Morgan fingerprint density at radius 1 is 0.676 bits per heavy atom. The molecule has 2 amide bonds. The summed E-state index contributed by atoms with van der Waals surface area (Å²) in [5.74, 6) is 0. The molecule has 0 aromatic heterocycles. The zero-order chi connectivity index (χ0) is 27.6. The first-order chi connectivity index (χ1) is 17.3. The molecule has 2 aromatic carbocycles. The van der Waals surface area contributed by atoms with Crippen LogP contribution in [0.1, 0.15) is 0 Å². The molecule has 0 atom stereocenters. The van der Waals surface area contributed by atoms with Gasteiger partial charge in [0.1, 0.15) is 0 Å². The second-order valence-corrected chi connectivity index (χ2v) is 9.79. The number of nitrogens with zero attached hydrogens (tertiary/aromatic N) is 4. The summed E-state index contributed by atoms with van der Waals surface area (Å²) in [7, 11) is 2.03. The van der Waals surface area contributed by atoms with E-state index in [0.717, 1.165) is 14.1 Å². The quantitative estimate of drug-likeness (QED) is 0.0684. The van der Waals surface area contributed by atoms with Crippen molar-refractivity contribution in [3.8, 4) is 0 Å². The number of alkyl halides is 6. The summed E-state index contributed by atoms with van der Waals surface area (Å²) in [6.45, 7) is 0. The lowest BCUT2D eigenvalue weighted by atomic mass is 10.4. The molecule has 8 nitrogen and oxygen atoms in total. The van der Waals surface area contributed by atoms with Crippen LogP contribution >= 0.6 is 35.7 Å². The minimum atomic E-state index is -4.93. The molecular formula is C20H16F6N4O4S3. The van der Waals surface area contributed by atoms with Gasteiger partial charge in [0.2, 0.25) is 10.1 Å². The lowest BCUT2D eigenvalue weighted by Crippen LogP contribution is -2.30. The van der Waals surface area contributed by atoms with Gasteiger partial charge < -0.3 is 0 Å². The summed E-state index contributed by atoms with van der Waals surface area (Å²) in [6, 6.07) is 14.8. The largest absolute Gasteiger partial charge is 0.447 e. The molecule has 0 saturated carbocycles. The zero-order valence-electron chi connectivity index (χ0n) is 18.7. The number of carbonyl (C=O) groups is 2. The van der Waals surface area contributed by atoms with E-state index in [2.05, 4.69) is 20.0 Å². The molecule has 0 bridgehead atoms. The first-order valence-corrected chi connectivity index (χ1v) is 12.0. The fourth-order valence-corrected chi connectivity index (χ4v) is 3.96. The topological polar surface area (TPSA) is 83.8 Å². The Hall–Kier alpha value is -3.05. The van der Waals surface area contributed by atoms with E-state index in [1.807, 2.05) is 0 Å². The molecule has 0 fully saturated rings. The summed E-state index contributed by atoms with van der Waals surface area (Å²) in [5, 5.41) is 2.77. The van der Waals surface area contributed by atoms with E-state index in [4.69, 9.17) is 0 Å². The predicted molar refractivity (Wildman–Crippen MR) is 128 cm³/mol. The summed E-state index contributed by atoms with van der Waals surface area (Å²) < 4.78 is 80.4. The highest BCUT2D eigenvalue weighted by molar-refractivity contribution is 8.14. The predicted octanol–water partition coefficient (Wildman–Crippen LogP) is 7.02. The van der Waals surface area contributed by atoms with Crippen molar-refractivity contribution < 1.29 is 45.6 Å². The molecule has 0 heterocycles. The molecule has 0 aliphatic carbocycles. The van der Waals surface area contributed by atoms with E-state index in [9.17, 15) is 35.9 Å². The normalized spacial score (nSPS) is 12.6. The highest BCUT2D eigenvalue weighted by Crippen LogP contribution is 2.32. The lowest BCUT2D eigenvalue weighted by Gasteiger charge is -2.19. The molecule has 0 saturated heterocycles. The summed E-state index contributed by atoms with van der Waals surface area (Å²) in [4.78, 5) is 33.0. The van der Waals surface area contributed by atoms with Gasteiger partial charge in [-0.05, 0) is 24.3 Å². The molecule has 0 aliphatic rings. The molecule has 2 aromatic rings. The fourth-order valence-electron chi connectivity index (χ4n) is 1.98. The van der Waals surface area contributed by atoms with Crippen molar-refractivity contribution >= 4 is 57.9 Å². The Labute approximate surface area is 219 Å². The summed E-state index contributed by atoms with van der Waals surface area (Å²) in [6.07, 6.45) is -12.7. The van der Waals surface area contributed by atoms with Gasteiger partial charge in [0.15, 0.2) is 0 Å². The Balaban J connectivity index is 1.98. The van der Waals surface area contributed by atoms with E-state index < -0.39 is 34.6 Å². The van der Waals surface area contributed by atoms with Gasteiger partial charge >= 0.3 is 24.5 Å². The number of benzene rings is 2. The number of amides is 2. The maximum absolute atomic E-state index is 13.2. The van der Waals surface area contributed by atoms with Crippen LogP contribution in [0.3, 0.4) is 0 Å². The Morgan fingerprint density at radius 2 is 1.00 bits per heavy atom. The van der Waals surface area contributed by atoms with Gasteiger partial charge in [-0.3, -0.25) is 9.68 Å². The fraction of sp³-hybridized carbons (Fsp3) is 0.200. The smallest absolute Gasteiger partial charge is 0.296 e. The molecule has 17 heteroatoms. The van der Waals surface area contributed by atoms with Crippen LogP contribution in [-0.2, 0) is 9.68 Å². The van der Waals surface area contributed by atoms with Crippen LogP contribution in [0.5, 0.6) is 0 Å². The third-order valence-corrected chi connectivity index (χ3v) is 6.38. The standard InChI is InChI=1S/C20H16F6N4O4S3/c1-29(17(31)33-27-15(19(21,22)23)35-13-9-5-3-6-10-13)37-30(2)18(32)34-28-16(20(24,25)26)36-14-11-7-4-8-12-14/h3-12H,1-2H3/b27-15-,28-16-. The number of hydrogen-bond donors (Lipinski definition) is 0. The number of thioether (sulfide) groups is 2. The van der Waals surface area contributed by atoms with E-state index in [1.165, 1.54) is 48.5 Å². The van der Waals surface area contributed by atoms with E-state index in [1.54, 1.807) is 12.1 Å². The molecule has 0 spiro atoms. The highest BCUT2D eigenvalue weighted by Gasteiger charge is 2.39. The minimum Gasteiger partial charge on any atom is -0.296 e. The number of halogens is 6. The van der Waals surface area contributed by atoms with Gasteiger partial charge in [0.05, 0.1) is 12.1 Å². The Morgan fingerprint density at radius 3 is 1.30 bits per heavy atom. The average Bonchev–Trinajstić information content (AvgIpc) is 2.83. The highest BCUT2D eigenvalue weighted by atomic mass is 32.2. The van der Waals surface area contributed by atoms with Gasteiger partial charge in [-0.2, -0.15) is 26.3 Å². The van der Waals surface area contributed by atoms with Crippen molar-refractivity contribution in [2.75, 3.05) is 14.1 Å². The molecule has 0 aliphatic heterocycles. The molecular weight excluding hydrogens is 570 g/mol. The van der Waals surface area contributed by atoms with Crippen LogP contribution < -0.4 is 0 Å². The van der Waals surface area contributed by atoms with Crippen molar-refractivity contribution in [1.29, 1.82) is 0 Å².